The van der Waals surface area contributed by atoms with E-state index in [-0.39, 0.29) is 12.6 Å². The van der Waals surface area contributed by atoms with Gasteiger partial charge in [0.05, 0.1) is 17.6 Å². The highest BCUT2D eigenvalue weighted by Crippen LogP contribution is 2.31. The summed E-state index contributed by atoms with van der Waals surface area (Å²) in [4.78, 5) is 37.9. The number of nitrogens with two attached hydrogens (primary N) is 1. The second-order valence-electron chi connectivity index (χ2n) is 8.68. The second kappa shape index (κ2) is 8.43. The zero-order valence-corrected chi connectivity index (χ0v) is 19.2. The van der Waals surface area contributed by atoms with Crippen LogP contribution in [0.5, 0.6) is 0 Å². The van der Waals surface area contributed by atoms with Crippen LogP contribution in [0, 0.1) is 11.3 Å². The van der Waals surface area contributed by atoms with Gasteiger partial charge in [-0.2, -0.15) is 5.26 Å². The minimum atomic E-state index is -0.513. The van der Waals surface area contributed by atoms with E-state index in [4.69, 9.17) is 5.73 Å². The first kappa shape index (κ1) is 21.9. The van der Waals surface area contributed by atoms with Gasteiger partial charge in [0.15, 0.2) is 0 Å². The average Bonchev–Trinajstić information content (AvgIpc) is 3.20. The number of rotatable bonds is 4. The lowest BCUT2D eigenvalue weighted by Crippen LogP contribution is -2.44. The van der Waals surface area contributed by atoms with Crippen LogP contribution in [0.25, 0.3) is 21.9 Å². The Labute approximate surface area is 195 Å². The Balaban J connectivity index is 1.73. The van der Waals surface area contributed by atoms with E-state index in [9.17, 15) is 14.9 Å². The molecule has 1 atom stereocenters. The number of fused-ring (bicyclic) bond motifs is 2. The zero-order valence-electron chi connectivity index (χ0n) is 19.2. The van der Waals surface area contributed by atoms with Crippen LogP contribution in [0.15, 0.2) is 40.1 Å². The van der Waals surface area contributed by atoms with Gasteiger partial charge in [-0.3, -0.25) is 13.9 Å². The molecule has 174 valence electrons. The van der Waals surface area contributed by atoms with Gasteiger partial charge in [0.2, 0.25) is 0 Å². The highest BCUT2D eigenvalue weighted by Gasteiger charge is 2.29. The maximum Gasteiger partial charge on any atom is 0.331 e. The summed E-state index contributed by atoms with van der Waals surface area (Å²) in [6.45, 7) is 3.67. The van der Waals surface area contributed by atoms with Gasteiger partial charge in [-0.05, 0) is 25.8 Å². The normalized spacial score (nSPS) is 16.3. The first-order chi connectivity index (χ1) is 16.4. The Morgan fingerprint density at radius 1 is 1.21 bits per heavy atom. The molecular weight excluding hydrogens is 432 g/mol. The molecule has 4 aromatic rings. The summed E-state index contributed by atoms with van der Waals surface area (Å²) < 4.78 is 4.37. The summed E-state index contributed by atoms with van der Waals surface area (Å²) in [5, 5.41) is 10.9. The van der Waals surface area contributed by atoms with Crippen molar-refractivity contribution >= 4 is 27.8 Å². The van der Waals surface area contributed by atoms with Crippen LogP contribution >= 0.6 is 0 Å². The summed E-state index contributed by atoms with van der Waals surface area (Å²) in [5.74, 6) is 1.02. The molecule has 0 spiro atoms. The highest BCUT2D eigenvalue weighted by molar-refractivity contribution is 5.90. The molecule has 1 aliphatic rings. The molecule has 34 heavy (non-hydrogen) atoms. The molecule has 0 saturated carbocycles. The van der Waals surface area contributed by atoms with Crippen molar-refractivity contribution in [3.05, 3.63) is 62.7 Å². The molecule has 5 rings (SSSR count). The Kier molecular flexibility index (Phi) is 5.42. The van der Waals surface area contributed by atoms with Crippen LogP contribution in [0.3, 0.4) is 0 Å². The van der Waals surface area contributed by atoms with Crippen LogP contribution < -0.4 is 21.9 Å². The standard InChI is InChI=1S/C24H26N8O2/c1-3-31-21-20(17(11-25)22(31)30-10-6-8-16(26)13-30)29(2)24(34)32(23(21)33)14-19-27-12-15-7-4-5-9-18(15)28-19/h4-5,7,9,12,16H,3,6,8,10,13-14,26H2,1-2H3/t16-/m1/s1. The van der Waals surface area contributed by atoms with Crippen LogP contribution in [0.4, 0.5) is 5.82 Å². The van der Waals surface area contributed by atoms with Crippen molar-refractivity contribution in [1.82, 2.24) is 23.7 Å². The van der Waals surface area contributed by atoms with Crippen LogP contribution in [-0.2, 0) is 20.1 Å². The molecule has 0 unspecified atom stereocenters. The maximum atomic E-state index is 13.7. The molecule has 0 aliphatic carbocycles. The number of hydrogen-bond donors (Lipinski definition) is 1. The van der Waals surface area contributed by atoms with E-state index in [1.54, 1.807) is 13.2 Å². The van der Waals surface area contributed by atoms with E-state index >= 15 is 0 Å². The first-order valence-corrected chi connectivity index (χ1v) is 11.4. The summed E-state index contributed by atoms with van der Waals surface area (Å²) in [7, 11) is 1.59. The zero-order chi connectivity index (χ0) is 24.0. The Morgan fingerprint density at radius 3 is 2.74 bits per heavy atom. The van der Waals surface area contributed by atoms with E-state index in [1.165, 1.54) is 4.57 Å². The Bertz CT molecular complexity index is 1570. The van der Waals surface area contributed by atoms with E-state index in [0.29, 0.717) is 41.3 Å². The topological polar surface area (TPSA) is 128 Å². The summed E-state index contributed by atoms with van der Waals surface area (Å²) in [6.07, 6.45) is 3.51. The van der Waals surface area contributed by atoms with Gasteiger partial charge in [-0.25, -0.2) is 14.8 Å². The quantitative estimate of drug-likeness (QED) is 0.488. The van der Waals surface area contributed by atoms with E-state index in [1.807, 2.05) is 35.8 Å². The lowest BCUT2D eigenvalue weighted by atomic mass is 10.1. The second-order valence-corrected chi connectivity index (χ2v) is 8.68. The van der Waals surface area contributed by atoms with Crippen molar-refractivity contribution < 1.29 is 0 Å². The van der Waals surface area contributed by atoms with Crippen molar-refractivity contribution in [3.63, 3.8) is 0 Å². The minimum Gasteiger partial charge on any atom is -0.355 e. The summed E-state index contributed by atoms with van der Waals surface area (Å²) in [6, 6.07) is 9.79. The lowest BCUT2D eigenvalue weighted by Gasteiger charge is -2.33. The maximum absolute atomic E-state index is 13.7. The molecule has 10 heteroatoms. The smallest absolute Gasteiger partial charge is 0.331 e. The van der Waals surface area contributed by atoms with Gasteiger partial charge in [-0.15, -0.1) is 0 Å². The molecule has 3 aromatic heterocycles. The molecule has 1 aliphatic heterocycles. The molecule has 1 fully saturated rings. The van der Waals surface area contributed by atoms with Crippen LogP contribution in [0.1, 0.15) is 31.2 Å². The number of anilines is 1. The SMILES string of the molecule is CCn1c(N2CCC[C@@H](N)C2)c(C#N)c2c1c(=O)n(Cc1ncc3ccccc3n1)c(=O)n2C. The fourth-order valence-electron chi connectivity index (χ4n) is 4.94. The molecule has 1 aromatic carbocycles. The van der Waals surface area contributed by atoms with Crippen LogP contribution in [0.2, 0.25) is 0 Å². The number of para-hydroxylation sites is 1. The van der Waals surface area contributed by atoms with Gasteiger partial charge in [0, 0.05) is 44.3 Å². The number of hydrogen-bond acceptors (Lipinski definition) is 7. The molecule has 0 radical (unpaired) electrons. The predicted molar refractivity (Wildman–Crippen MR) is 130 cm³/mol. The third kappa shape index (κ3) is 3.36. The minimum absolute atomic E-state index is 0.00543. The first-order valence-electron chi connectivity index (χ1n) is 11.4. The van der Waals surface area contributed by atoms with Gasteiger partial charge in [0.25, 0.3) is 5.56 Å². The lowest BCUT2D eigenvalue weighted by molar-refractivity contribution is 0.498. The number of nitrogens with zero attached hydrogens (tertiary/aromatic N) is 7. The van der Waals surface area contributed by atoms with Crippen molar-refractivity contribution in [3.8, 4) is 6.07 Å². The van der Waals surface area contributed by atoms with Crippen LogP contribution in [-0.4, -0.2) is 42.8 Å². The highest BCUT2D eigenvalue weighted by atomic mass is 16.2. The average molecular weight is 459 g/mol. The molecular formula is C24H26N8O2. The monoisotopic (exact) mass is 458 g/mol. The third-order valence-electron chi connectivity index (χ3n) is 6.54. The third-order valence-corrected chi connectivity index (χ3v) is 6.54. The summed E-state index contributed by atoms with van der Waals surface area (Å²) in [5.41, 5.74) is 6.99. The number of benzene rings is 1. The fraction of sp³-hybridized carbons (Fsp3) is 0.375. The van der Waals surface area contributed by atoms with Gasteiger partial charge in [-0.1, -0.05) is 18.2 Å². The largest absolute Gasteiger partial charge is 0.355 e. The molecule has 0 amide bonds. The Morgan fingerprint density at radius 2 is 2.00 bits per heavy atom. The number of nitriles is 1. The van der Waals surface area contributed by atoms with Gasteiger partial charge in [0.1, 0.15) is 28.8 Å². The van der Waals surface area contributed by atoms with Crippen molar-refractivity contribution in [1.29, 1.82) is 5.26 Å². The number of aromatic nitrogens is 5. The number of piperidine rings is 1. The summed E-state index contributed by atoms with van der Waals surface area (Å²) >= 11 is 0. The van der Waals surface area contributed by atoms with E-state index in [2.05, 4.69) is 20.9 Å². The molecule has 1 saturated heterocycles. The predicted octanol–water partition coefficient (Wildman–Crippen LogP) is 1.31. The molecule has 4 heterocycles. The van der Waals surface area contributed by atoms with Gasteiger partial charge < -0.3 is 15.2 Å². The fourth-order valence-corrected chi connectivity index (χ4v) is 4.94. The van der Waals surface area contributed by atoms with Crippen molar-refractivity contribution in [2.75, 3.05) is 18.0 Å². The molecule has 10 nitrogen and oxygen atoms in total. The molecule has 0 bridgehead atoms. The number of aryl methyl sites for hydroxylation is 2. The molecule has 2 N–H and O–H groups in total. The van der Waals surface area contributed by atoms with E-state index < -0.39 is 11.2 Å². The Hall–Kier alpha value is -3.97. The van der Waals surface area contributed by atoms with Crippen molar-refractivity contribution in [2.24, 2.45) is 12.8 Å². The van der Waals surface area contributed by atoms with E-state index in [0.717, 1.165) is 34.9 Å². The van der Waals surface area contributed by atoms with Gasteiger partial charge >= 0.3 is 5.69 Å². The van der Waals surface area contributed by atoms with Crippen molar-refractivity contribution in [2.45, 2.75) is 38.9 Å².